The molecule has 0 amide bonds. The van der Waals surface area contributed by atoms with Crippen LogP contribution in [0.4, 0.5) is 0 Å². The molecule has 0 aliphatic rings. The molecule has 0 aliphatic heterocycles. The summed E-state index contributed by atoms with van der Waals surface area (Å²) in [6.45, 7) is 2.11. The van der Waals surface area contributed by atoms with Gasteiger partial charge in [-0.25, -0.2) is 9.78 Å². The van der Waals surface area contributed by atoms with Gasteiger partial charge < -0.3 is 14.5 Å². The van der Waals surface area contributed by atoms with Crippen molar-refractivity contribution in [2.24, 2.45) is 0 Å². The summed E-state index contributed by atoms with van der Waals surface area (Å²) in [7, 11) is 0. The molecule has 2 N–H and O–H groups in total. The number of halogens is 1. The van der Waals surface area contributed by atoms with Crippen molar-refractivity contribution in [3.05, 3.63) is 108 Å². The SMILES string of the molecule is Cc1cccc2[nH]cc(Cc3c(-c4ccc5ccccc5c4C(=O)O)nc4ccccn34)c12.Cl. The maximum atomic E-state index is 12.4. The van der Waals surface area contributed by atoms with Gasteiger partial charge in [-0.3, -0.25) is 0 Å². The number of carbonyl (C=O) groups is 1. The predicted molar refractivity (Wildman–Crippen MR) is 138 cm³/mol. The Balaban J connectivity index is 0.00000241. The monoisotopic (exact) mass is 467 g/mol. The summed E-state index contributed by atoms with van der Waals surface area (Å²) in [6, 6.07) is 23.6. The molecule has 3 aromatic carbocycles. The molecule has 3 heterocycles. The van der Waals surface area contributed by atoms with E-state index in [9.17, 15) is 9.90 Å². The van der Waals surface area contributed by atoms with Gasteiger partial charge >= 0.3 is 5.97 Å². The average molecular weight is 468 g/mol. The number of aryl methyl sites for hydroxylation is 1. The number of nitrogens with zero attached hydrogens (tertiary/aromatic N) is 2. The zero-order chi connectivity index (χ0) is 22.5. The van der Waals surface area contributed by atoms with Crippen molar-refractivity contribution >= 4 is 45.7 Å². The maximum Gasteiger partial charge on any atom is 0.337 e. The van der Waals surface area contributed by atoms with Gasteiger partial charge in [-0.05, 0) is 47.0 Å². The van der Waals surface area contributed by atoms with E-state index in [4.69, 9.17) is 4.98 Å². The third-order valence-corrected chi connectivity index (χ3v) is 6.38. The van der Waals surface area contributed by atoms with Crippen molar-refractivity contribution in [1.29, 1.82) is 0 Å². The molecule has 0 radical (unpaired) electrons. The molecule has 6 heteroatoms. The van der Waals surface area contributed by atoms with E-state index in [0.717, 1.165) is 27.8 Å². The Bertz CT molecular complexity index is 1700. The molecule has 0 aliphatic carbocycles. The zero-order valence-electron chi connectivity index (χ0n) is 18.4. The summed E-state index contributed by atoms with van der Waals surface area (Å²) >= 11 is 0. The van der Waals surface area contributed by atoms with Crippen LogP contribution in [-0.2, 0) is 6.42 Å². The summed E-state index contributed by atoms with van der Waals surface area (Å²) in [5.41, 5.74) is 6.84. The second-order valence-corrected chi connectivity index (χ2v) is 8.34. The van der Waals surface area contributed by atoms with Crippen molar-refractivity contribution in [1.82, 2.24) is 14.4 Å². The summed E-state index contributed by atoms with van der Waals surface area (Å²) in [5, 5.41) is 13.0. The van der Waals surface area contributed by atoms with E-state index in [1.54, 1.807) is 0 Å². The molecule has 0 atom stereocenters. The fourth-order valence-electron chi connectivity index (χ4n) is 4.90. The molecule has 34 heavy (non-hydrogen) atoms. The first kappa shape index (κ1) is 21.7. The highest BCUT2D eigenvalue weighted by molar-refractivity contribution is 6.09. The minimum Gasteiger partial charge on any atom is -0.478 e. The average Bonchev–Trinajstić information content (AvgIpc) is 3.41. The first-order chi connectivity index (χ1) is 16.1. The summed E-state index contributed by atoms with van der Waals surface area (Å²) in [5.74, 6) is -0.951. The van der Waals surface area contributed by atoms with Crippen LogP contribution in [0.3, 0.4) is 0 Å². The van der Waals surface area contributed by atoms with Crippen LogP contribution >= 0.6 is 12.4 Å². The van der Waals surface area contributed by atoms with Gasteiger partial charge in [-0.1, -0.05) is 54.6 Å². The van der Waals surface area contributed by atoms with Crippen molar-refractivity contribution in [2.75, 3.05) is 0 Å². The van der Waals surface area contributed by atoms with Gasteiger partial charge in [0.05, 0.1) is 17.0 Å². The van der Waals surface area contributed by atoms with Gasteiger partial charge in [-0.15, -0.1) is 12.4 Å². The quantitative estimate of drug-likeness (QED) is 0.304. The van der Waals surface area contributed by atoms with Gasteiger partial charge in [0.15, 0.2) is 0 Å². The van der Waals surface area contributed by atoms with E-state index >= 15 is 0 Å². The van der Waals surface area contributed by atoms with E-state index in [1.165, 1.54) is 10.9 Å². The smallest absolute Gasteiger partial charge is 0.337 e. The van der Waals surface area contributed by atoms with Crippen molar-refractivity contribution < 1.29 is 9.90 Å². The highest BCUT2D eigenvalue weighted by Crippen LogP contribution is 2.35. The van der Waals surface area contributed by atoms with Crippen molar-refractivity contribution in [2.45, 2.75) is 13.3 Å². The molecule has 0 bridgehead atoms. The Morgan fingerprint density at radius 3 is 2.68 bits per heavy atom. The molecule has 5 nitrogen and oxygen atoms in total. The number of H-pyrrole nitrogens is 1. The van der Waals surface area contributed by atoms with E-state index in [1.807, 2.05) is 73.1 Å². The van der Waals surface area contributed by atoms with Crippen LogP contribution in [0.15, 0.2) is 85.2 Å². The number of benzene rings is 3. The van der Waals surface area contributed by atoms with Crippen LogP contribution in [0.2, 0.25) is 0 Å². The minimum atomic E-state index is -0.951. The standard InChI is InChI=1S/C28H21N3O2.ClH/c1-17-7-6-10-22-25(17)19(16-29-22)15-23-27(30-24-11-4-5-14-31(23)24)21-13-12-18-8-2-3-9-20(18)26(21)28(32)33;/h2-14,16,29H,15H2,1H3,(H,32,33);1H. The Morgan fingerprint density at radius 1 is 1.00 bits per heavy atom. The Morgan fingerprint density at radius 2 is 1.82 bits per heavy atom. The number of hydrogen-bond acceptors (Lipinski definition) is 2. The molecule has 0 saturated heterocycles. The topological polar surface area (TPSA) is 70.4 Å². The molecule has 168 valence electrons. The molecule has 6 rings (SSSR count). The Kier molecular flexibility index (Phi) is 5.34. The number of imidazole rings is 1. The Hall–Kier alpha value is -4.09. The Labute approximate surface area is 202 Å². The lowest BCUT2D eigenvalue weighted by Crippen LogP contribution is -2.03. The van der Waals surface area contributed by atoms with E-state index < -0.39 is 5.97 Å². The highest BCUT2D eigenvalue weighted by atomic mass is 35.5. The molecule has 0 fully saturated rings. The number of carboxylic acid groups (broad SMARTS) is 1. The summed E-state index contributed by atoms with van der Waals surface area (Å²) in [4.78, 5) is 20.7. The number of pyridine rings is 1. The second kappa shape index (κ2) is 8.36. The normalized spacial score (nSPS) is 11.2. The number of rotatable bonds is 4. The lowest BCUT2D eigenvalue weighted by Gasteiger charge is -2.11. The number of aromatic amines is 1. The van der Waals surface area contributed by atoms with E-state index in [0.29, 0.717) is 23.1 Å². The van der Waals surface area contributed by atoms with Gasteiger partial charge in [0.2, 0.25) is 0 Å². The molecular formula is C28H22ClN3O2. The minimum absolute atomic E-state index is 0. The molecule has 0 saturated carbocycles. The first-order valence-electron chi connectivity index (χ1n) is 10.9. The van der Waals surface area contributed by atoms with Crippen molar-refractivity contribution in [3.8, 4) is 11.3 Å². The maximum absolute atomic E-state index is 12.4. The van der Waals surface area contributed by atoms with Crippen LogP contribution in [0.1, 0.15) is 27.2 Å². The third kappa shape index (κ3) is 3.33. The zero-order valence-corrected chi connectivity index (χ0v) is 19.3. The molecule has 3 aromatic heterocycles. The fraction of sp³-hybridized carbons (Fsp3) is 0.0714. The van der Waals surface area contributed by atoms with Crippen LogP contribution in [0.5, 0.6) is 0 Å². The third-order valence-electron chi connectivity index (χ3n) is 6.38. The molecule has 0 unspecified atom stereocenters. The van der Waals surface area contributed by atoms with Crippen LogP contribution < -0.4 is 0 Å². The molecule has 6 aromatic rings. The number of aromatic nitrogens is 3. The van der Waals surface area contributed by atoms with Gasteiger partial charge in [0.1, 0.15) is 5.65 Å². The van der Waals surface area contributed by atoms with Gasteiger partial charge in [0.25, 0.3) is 0 Å². The summed E-state index contributed by atoms with van der Waals surface area (Å²) in [6.07, 6.45) is 4.66. The van der Waals surface area contributed by atoms with Crippen LogP contribution in [0.25, 0.3) is 38.6 Å². The highest BCUT2D eigenvalue weighted by Gasteiger charge is 2.22. The predicted octanol–water partition coefficient (Wildman–Crippen LogP) is 6.66. The summed E-state index contributed by atoms with van der Waals surface area (Å²) < 4.78 is 2.06. The van der Waals surface area contributed by atoms with Crippen LogP contribution in [0, 0.1) is 6.92 Å². The number of fused-ring (bicyclic) bond motifs is 3. The van der Waals surface area contributed by atoms with Crippen LogP contribution in [-0.4, -0.2) is 25.4 Å². The lowest BCUT2D eigenvalue weighted by atomic mass is 9.94. The van der Waals surface area contributed by atoms with Gasteiger partial charge in [0, 0.05) is 35.3 Å². The number of aromatic carboxylic acids is 1. The van der Waals surface area contributed by atoms with Gasteiger partial charge in [-0.2, -0.15) is 0 Å². The van der Waals surface area contributed by atoms with E-state index in [2.05, 4.69) is 28.4 Å². The lowest BCUT2D eigenvalue weighted by molar-refractivity contribution is 0.0700. The largest absolute Gasteiger partial charge is 0.478 e. The van der Waals surface area contributed by atoms with E-state index in [-0.39, 0.29) is 18.0 Å². The number of nitrogens with one attached hydrogen (secondary N) is 1. The molecule has 0 spiro atoms. The first-order valence-corrected chi connectivity index (χ1v) is 10.9. The second-order valence-electron chi connectivity index (χ2n) is 8.34. The fourth-order valence-corrected chi connectivity index (χ4v) is 4.90. The molecular weight excluding hydrogens is 446 g/mol. The number of hydrogen-bond donors (Lipinski definition) is 2. The number of carboxylic acids is 1. The van der Waals surface area contributed by atoms with Crippen molar-refractivity contribution in [3.63, 3.8) is 0 Å².